The molecule has 3 aromatic carbocycles. The summed E-state index contributed by atoms with van der Waals surface area (Å²) in [5, 5.41) is 23.5. The van der Waals surface area contributed by atoms with Gasteiger partial charge in [-0.15, -0.1) is 5.10 Å². The summed E-state index contributed by atoms with van der Waals surface area (Å²) in [5.41, 5.74) is 0.856. The van der Waals surface area contributed by atoms with Crippen LogP contribution in [-0.4, -0.2) is 19.9 Å². The maximum Gasteiger partial charge on any atom is 0.349 e. The Hall–Kier alpha value is -3.93. The van der Waals surface area contributed by atoms with Crippen molar-refractivity contribution in [1.82, 2.24) is 14.8 Å². The van der Waals surface area contributed by atoms with Gasteiger partial charge in [-0.2, -0.15) is 9.94 Å². The Kier molecular flexibility index (Phi) is 6.50. The Morgan fingerprint density at radius 1 is 1.00 bits per heavy atom. The second-order valence-electron chi connectivity index (χ2n) is 7.46. The van der Waals surface area contributed by atoms with Crippen molar-refractivity contribution >= 4 is 23.2 Å². The van der Waals surface area contributed by atoms with Crippen LogP contribution in [0.15, 0.2) is 64.2 Å². The number of nitriles is 1. The fraction of sp³-hybridized carbons (Fsp3) is 0.0833. The Labute approximate surface area is 202 Å². The van der Waals surface area contributed by atoms with Crippen LogP contribution in [0.5, 0.6) is 5.75 Å². The third kappa shape index (κ3) is 4.86. The van der Waals surface area contributed by atoms with E-state index >= 15 is 0 Å². The molecule has 0 fully saturated rings. The van der Waals surface area contributed by atoms with Gasteiger partial charge in [0.05, 0.1) is 5.69 Å². The van der Waals surface area contributed by atoms with Crippen LogP contribution in [0.1, 0.15) is 27.9 Å². The molecule has 170 valence electrons. The predicted octanol–water partition coefficient (Wildman–Crippen LogP) is 4.13. The summed E-state index contributed by atoms with van der Waals surface area (Å²) in [5.74, 6) is -0.227. The first-order valence-electron chi connectivity index (χ1n) is 9.92. The number of halogens is 3. The first-order chi connectivity index (χ1) is 16.2. The van der Waals surface area contributed by atoms with Gasteiger partial charge < -0.3 is 5.11 Å². The van der Waals surface area contributed by atoms with E-state index in [1.165, 1.54) is 24.3 Å². The van der Waals surface area contributed by atoms with Crippen molar-refractivity contribution < 1.29 is 9.50 Å². The highest BCUT2D eigenvalue weighted by Gasteiger charge is 2.15. The molecule has 1 aromatic heterocycles. The van der Waals surface area contributed by atoms with E-state index in [0.717, 1.165) is 15.8 Å². The lowest BCUT2D eigenvalue weighted by molar-refractivity contribution is 0.469. The average Bonchev–Trinajstić information content (AvgIpc) is 2.80. The average molecular weight is 497 g/mol. The van der Waals surface area contributed by atoms with Crippen molar-refractivity contribution in [2.24, 2.45) is 0 Å². The Morgan fingerprint density at radius 2 is 1.65 bits per heavy atom. The van der Waals surface area contributed by atoms with Crippen LogP contribution in [0.3, 0.4) is 0 Å². The van der Waals surface area contributed by atoms with Crippen LogP contribution in [0.4, 0.5) is 4.39 Å². The van der Waals surface area contributed by atoms with Gasteiger partial charge in [0, 0.05) is 22.9 Å². The predicted molar refractivity (Wildman–Crippen MR) is 125 cm³/mol. The largest absolute Gasteiger partial charge is 0.508 e. The van der Waals surface area contributed by atoms with Crippen LogP contribution in [-0.2, 0) is 12.8 Å². The van der Waals surface area contributed by atoms with E-state index in [1.54, 1.807) is 30.3 Å². The van der Waals surface area contributed by atoms with E-state index < -0.39 is 16.9 Å². The quantitative estimate of drug-likeness (QED) is 0.431. The summed E-state index contributed by atoms with van der Waals surface area (Å²) in [6, 6.07) is 15.7. The molecule has 4 rings (SSSR count). The van der Waals surface area contributed by atoms with Gasteiger partial charge in [-0.25, -0.2) is 9.18 Å². The summed E-state index contributed by atoms with van der Waals surface area (Å²) in [4.78, 5) is 25.8. The first-order valence-corrected chi connectivity index (χ1v) is 10.7. The second kappa shape index (κ2) is 9.51. The van der Waals surface area contributed by atoms with E-state index in [-0.39, 0.29) is 27.3 Å². The summed E-state index contributed by atoms with van der Waals surface area (Å²) < 4.78 is 14.0. The minimum absolute atomic E-state index is 0.109. The van der Waals surface area contributed by atoms with Gasteiger partial charge in [-0.3, -0.25) is 9.78 Å². The van der Waals surface area contributed by atoms with Crippen LogP contribution in [0.25, 0.3) is 5.69 Å². The summed E-state index contributed by atoms with van der Waals surface area (Å²) in [7, 11) is 0. The zero-order chi connectivity index (χ0) is 24.4. The van der Waals surface area contributed by atoms with E-state index in [9.17, 15) is 19.1 Å². The van der Waals surface area contributed by atoms with Crippen molar-refractivity contribution in [3.05, 3.63) is 119 Å². The molecule has 0 atom stereocenters. The smallest absolute Gasteiger partial charge is 0.349 e. The number of nitrogens with zero attached hydrogens (tertiary/aromatic N) is 3. The monoisotopic (exact) mass is 496 g/mol. The van der Waals surface area contributed by atoms with Crippen LogP contribution < -0.4 is 11.2 Å². The first kappa shape index (κ1) is 23.2. The van der Waals surface area contributed by atoms with Gasteiger partial charge >= 0.3 is 5.69 Å². The van der Waals surface area contributed by atoms with Crippen LogP contribution >= 0.6 is 23.2 Å². The number of aromatic nitrogens is 3. The van der Waals surface area contributed by atoms with Crippen LogP contribution in [0.2, 0.25) is 10.0 Å². The van der Waals surface area contributed by atoms with Crippen molar-refractivity contribution in [1.29, 1.82) is 5.26 Å². The number of benzene rings is 3. The highest BCUT2D eigenvalue weighted by molar-refractivity contribution is 6.36. The van der Waals surface area contributed by atoms with Crippen molar-refractivity contribution in [2.75, 3.05) is 0 Å². The highest BCUT2D eigenvalue weighted by Crippen LogP contribution is 2.31. The molecule has 34 heavy (non-hydrogen) atoms. The van der Waals surface area contributed by atoms with Gasteiger partial charge in [-0.1, -0.05) is 47.5 Å². The number of nitrogens with one attached hydrogen (secondary N) is 1. The molecule has 0 spiro atoms. The zero-order valence-corrected chi connectivity index (χ0v) is 18.9. The molecule has 7 nitrogen and oxygen atoms in total. The Balaban J connectivity index is 1.66. The molecule has 0 radical (unpaired) electrons. The second-order valence-corrected chi connectivity index (χ2v) is 8.28. The van der Waals surface area contributed by atoms with Crippen LogP contribution in [0, 0.1) is 17.1 Å². The lowest BCUT2D eigenvalue weighted by Crippen LogP contribution is -2.33. The van der Waals surface area contributed by atoms with E-state index in [2.05, 4.69) is 5.10 Å². The number of H-pyrrole nitrogens is 1. The number of phenolic OH excluding ortho intramolecular Hbond substituents is 1. The highest BCUT2D eigenvalue weighted by atomic mass is 35.5. The van der Waals surface area contributed by atoms with Crippen molar-refractivity contribution in [3.8, 4) is 17.5 Å². The topological polar surface area (TPSA) is 112 Å². The molecule has 0 aliphatic carbocycles. The van der Waals surface area contributed by atoms with E-state index in [0.29, 0.717) is 24.0 Å². The number of hydrogen-bond acceptors (Lipinski definition) is 5. The molecule has 4 aromatic rings. The molecule has 0 aliphatic heterocycles. The lowest BCUT2D eigenvalue weighted by Gasteiger charge is -2.13. The Bertz CT molecular complexity index is 1530. The summed E-state index contributed by atoms with van der Waals surface area (Å²) in [6.07, 6.45) is 0.731. The molecule has 2 N–H and O–H groups in total. The Morgan fingerprint density at radius 3 is 2.29 bits per heavy atom. The molecule has 0 saturated carbocycles. The SMILES string of the molecule is N#Cc1nn(-c2cc(Cl)c(Cc3ccc(O)c(Cc4ccc(F)cc4)c3)c(Cl)c2)c(=O)[nH]c1=O. The minimum atomic E-state index is -0.888. The molecule has 0 saturated heterocycles. The molecular formula is C24H15Cl2FN4O3. The fourth-order valence-electron chi connectivity index (χ4n) is 3.45. The minimum Gasteiger partial charge on any atom is -0.508 e. The van der Waals surface area contributed by atoms with Gasteiger partial charge in [-0.05, 0) is 52.6 Å². The molecule has 0 bridgehead atoms. The molecule has 0 amide bonds. The van der Waals surface area contributed by atoms with E-state index in [4.69, 9.17) is 28.5 Å². The zero-order valence-electron chi connectivity index (χ0n) is 17.3. The molecular weight excluding hydrogens is 482 g/mol. The maximum absolute atomic E-state index is 13.2. The number of rotatable bonds is 5. The maximum atomic E-state index is 13.2. The molecule has 10 heteroatoms. The standard InChI is InChI=1S/C24H15Cl2FN4O3/c25-19-10-17(31-24(34)29-23(33)21(12-28)30-31)11-20(26)18(19)9-14-3-6-22(32)15(8-14)7-13-1-4-16(27)5-2-13/h1-6,8,10-11,32H,7,9H2,(H,29,33,34). The van der Waals surface area contributed by atoms with Gasteiger partial charge in [0.2, 0.25) is 5.69 Å². The molecule has 0 aliphatic rings. The number of hydrogen-bond donors (Lipinski definition) is 2. The van der Waals surface area contributed by atoms with Crippen molar-refractivity contribution in [2.45, 2.75) is 12.8 Å². The van der Waals surface area contributed by atoms with E-state index in [1.807, 2.05) is 11.1 Å². The third-order valence-corrected chi connectivity index (χ3v) is 5.81. The fourth-order valence-corrected chi connectivity index (χ4v) is 4.05. The van der Waals surface area contributed by atoms with Gasteiger partial charge in [0.25, 0.3) is 5.56 Å². The number of aromatic amines is 1. The number of phenols is 1. The molecule has 0 unspecified atom stereocenters. The normalized spacial score (nSPS) is 10.8. The third-order valence-electron chi connectivity index (χ3n) is 5.14. The van der Waals surface area contributed by atoms with Crippen molar-refractivity contribution in [3.63, 3.8) is 0 Å². The summed E-state index contributed by atoms with van der Waals surface area (Å²) in [6.45, 7) is 0. The van der Waals surface area contributed by atoms with Gasteiger partial charge in [0.1, 0.15) is 17.6 Å². The summed E-state index contributed by atoms with van der Waals surface area (Å²) >= 11 is 12.9. The van der Waals surface area contributed by atoms with Gasteiger partial charge in [0.15, 0.2) is 0 Å². The molecule has 1 heterocycles. The lowest BCUT2D eigenvalue weighted by atomic mass is 9.98. The number of aromatic hydroxyl groups is 1.